The molecule has 0 bridgehead atoms. The number of benzene rings is 1. The van der Waals surface area contributed by atoms with Crippen molar-refractivity contribution in [2.75, 3.05) is 14.1 Å². The highest BCUT2D eigenvalue weighted by atomic mass is 16.2. The number of hydrogen-bond acceptors (Lipinski definition) is 2. The molecule has 1 rings (SSSR count). The fourth-order valence-electron chi connectivity index (χ4n) is 1.37. The van der Waals surface area contributed by atoms with Crippen LogP contribution in [0.3, 0.4) is 0 Å². The third kappa shape index (κ3) is 4.66. The van der Waals surface area contributed by atoms with Crippen LogP contribution in [0.4, 0.5) is 5.69 Å². The average Bonchev–Trinajstić information content (AvgIpc) is 2.30. The van der Waals surface area contributed by atoms with Gasteiger partial charge in [0.25, 0.3) is 0 Å². The lowest BCUT2D eigenvalue weighted by Gasteiger charge is -2.11. The van der Waals surface area contributed by atoms with Gasteiger partial charge in [-0.2, -0.15) is 4.99 Å². The summed E-state index contributed by atoms with van der Waals surface area (Å²) in [5.74, 6) is -0.240. The second-order valence-corrected chi connectivity index (χ2v) is 4.10. The van der Waals surface area contributed by atoms with E-state index in [0.29, 0.717) is 5.69 Å². The highest BCUT2D eigenvalue weighted by Crippen LogP contribution is 2.19. The minimum absolute atomic E-state index is 0.0249. The quantitative estimate of drug-likeness (QED) is 0.503. The van der Waals surface area contributed by atoms with Crippen LogP contribution in [-0.2, 0) is 11.2 Å². The van der Waals surface area contributed by atoms with Gasteiger partial charge < -0.3 is 22.1 Å². The molecule has 0 aliphatic heterocycles. The summed E-state index contributed by atoms with van der Waals surface area (Å²) in [4.78, 5) is 20.9. The number of para-hydroxylation sites is 1. The molecule has 0 unspecified atom stereocenters. The maximum absolute atomic E-state index is 11.7. The first kappa shape index (κ1) is 14.5. The molecular formula is C12H18N6O. The van der Waals surface area contributed by atoms with Gasteiger partial charge in [-0.1, -0.05) is 18.2 Å². The van der Waals surface area contributed by atoms with E-state index in [2.05, 4.69) is 9.98 Å². The molecule has 0 radical (unpaired) electrons. The zero-order valence-electron chi connectivity index (χ0n) is 11.0. The third-order valence-corrected chi connectivity index (χ3v) is 2.31. The molecule has 6 N–H and O–H groups in total. The van der Waals surface area contributed by atoms with Crippen LogP contribution in [0.5, 0.6) is 0 Å². The monoisotopic (exact) mass is 262 g/mol. The van der Waals surface area contributed by atoms with E-state index in [1.165, 1.54) is 4.90 Å². The Labute approximate surface area is 111 Å². The maximum atomic E-state index is 11.7. The SMILES string of the molecule is CN(C)C(=O)Cc1ccccc1N=C(N)N=C(N)N. The molecule has 19 heavy (non-hydrogen) atoms. The predicted octanol–water partition coefficient (Wildman–Crippen LogP) is -0.463. The topological polar surface area (TPSA) is 123 Å². The van der Waals surface area contributed by atoms with Crippen molar-refractivity contribution in [3.8, 4) is 0 Å². The van der Waals surface area contributed by atoms with Crippen molar-refractivity contribution in [3.05, 3.63) is 29.8 Å². The van der Waals surface area contributed by atoms with E-state index in [9.17, 15) is 4.79 Å². The van der Waals surface area contributed by atoms with Gasteiger partial charge in [0.2, 0.25) is 11.9 Å². The standard InChI is InChI=1S/C12H18N6O/c1-18(2)10(19)7-8-5-3-4-6-9(8)16-12(15)17-11(13)14/h3-6H,7H2,1-2H3,(H6,13,14,15,16,17). The van der Waals surface area contributed by atoms with Gasteiger partial charge in [-0.05, 0) is 11.6 Å². The molecule has 102 valence electrons. The summed E-state index contributed by atoms with van der Waals surface area (Å²) < 4.78 is 0. The molecule has 0 aliphatic carbocycles. The van der Waals surface area contributed by atoms with E-state index in [1.807, 2.05) is 12.1 Å². The van der Waals surface area contributed by atoms with Crippen LogP contribution in [0.15, 0.2) is 34.3 Å². The fraction of sp³-hybridized carbons (Fsp3) is 0.250. The Hall–Kier alpha value is -2.57. The van der Waals surface area contributed by atoms with Gasteiger partial charge in [0, 0.05) is 14.1 Å². The van der Waals surface area contributed by atoms with E-state index in [4.69, 9.17) is 17.2 Å². The summed E-state index contributed by atoms with van der Waals surface area (Å²) in [5, 5.41) is 0. The van der Waals surface area contributed by atoms with Crippen LogP contribution in [0.2, 0.25) is 0 Å². The van der Waals surface area contributed by atoms with Crippen LogP contribution in [0.25, 0.3) is 0 Å². The van der Waals surface area contributed by atoms with E-state index in [1.54, 1.807) is 26.2 Å². The van der Waals surface area contributed by atoms with E-state index in [-0.39, 0.29) is 24.2 Å². The number of carbonyl (C=O) groups is 1. The molecule has 0 aromatic heterocycles. The Morgan fingerprint density at radius 3 is 2.42 bits per heavy atom. The minimum atomic E-state index is -0.164. The van der Waals surface area contributed by atoms with Crippen molar-refractivity contribution >= 4 is 23.5 Å². The molecule has 0 atom stereocenters. The summed E-state index contributed by atoms with van der Waals surface area (Å²) in [7, 11) is 3.39. The third-order valence-electron chi connectivity index (χ3n) is 2.31. The molecule has 1 aromatic rings. The van der Waals surface area contributed by atoms with E-state index in [0.717, 1.165) is 5.56 Å². The van der Waals surface area contributed by atoms with Gasteiger partial charge in [0.05, 0.1) is 12.1 Å². The normalized spacial score (nSPS) is 10.9. The van der Waals surface area contributed by atoms with Crippen LogP contribution >= 0.6 is 0 Å². The summed E-state index contributed by atoms with van der Waals surface area (Å²) in [6, 6.07) is 7.18. The Balaban J connectivity index is 3.03. The minimum Gasteiger partial charge on any atom is -0.370 e. The fourth-order valence-corrected chi connectivity index (χ4v) is 1.37. The van der Waals surface area contributed by atoms with E-state index >= 15 is 0 Å². The number of carbonyl (C=O) groups excluding carboxylic acids is 1. The van der Waals surface area contributed by atoms with Gasteiger partial charge in [0.1, 0.15) is 0 Å². The van der Waals surface area contributed by atoms with Crippen molar-refractivity contribution in [2.24, 2.45) is 27.2 Å². The summed E-state index contributed by atoms with van der Waals surface area (Å²) in [6.45, 7) is 0. The Bertz CT molecular complexity index is 517. The molecule has 0 saturated heterocycles. The lowest BCUT2D eigenvalue weighted by molar-refractivity contribution is -0.127. The molecule has 1 amide bonds. The highest BCUT2D eigenvalue weighted by Gasteiger charge is 2.09. The maximum Gasteiger partial charge on any atom is 0.226 e. The summed E-state index contributed by atoms with van der Waals surface area (Å²) in [6.07, 6.45) is 0.238. The van der Waals surface area contributed by atoms with Crippen LogP contribution in [0, 0.1) is 0 Å². The summed E-state index contributed by atoms with van der Waals surface area (Å²) in [5.41, 5.74) is 17.3. The number of nitrogens with zero attached hydrogens (tertiary/aromatic N) is 3. The first-order valence-electron chi connectivity index (χ1n) is 5.62. The second kappa shape index (κ2) is 6.39. The van der Waals surface area contributed by atoms with Gasteiger partial charge in [-0.25, -0.2) is 4.99 Å². The first-order chi connectivity index (χ1) is 8.90. The molecular weight excluding hydrogens is 244 g/mol. The molecule has 0 aliphatic rings. The number of nitrogens with two attached hydrogens (primary N) is 3. The smallest absolute Gasteiger partial charge is 0.226 e. The number of likely N-dealkylation sites (N-methyl/N-ethyl adjacent to an activating group) is 1. The van der Waals surface area contributed by atoms with Gasteiger partial charge >= 0.3 is 0 Å². The molecule has 0 saturated carbocycles. The van der Waals surface area contributed by atoms with Gasteiger partial charge in [-0.15, -0.1) is 0 Å². The summed E-state index contributed by atoms with van der Waals surface area (Å²) >= 11 is 0. The molecule has 7 nitrogen and oxygen atoms in total. The molecule has 1 aromatic carbocycles. The number of aliphatic imine (C=N–C) groups is 2. The zero-order valence-corrected chi connectivity index (χ0v) is 11.0. The lowest BCUT2D eigenvalue weighted by atomic mass is 10.1. The number of hydrogen-bond donors (Lipinski definition) is 3. The Morgan fingerprint density at radius 2 is 1.84 bits per heavy atom. The van der Waals surface area contributed by atoms with Crippen molar-refractivity contribution in [1.82, 2.24) is 4.90 Å². The van der Waals surface area contributed by atoms with Crippen LogP contribution in [-0.4, -0.2) is 36.8 Å². The zero-order chi connectivity index (χ0) is 14.4. The number of rotatable bonds is 3. The van der Waals surface area contributed by atoms with Gasteiger partial charge in [0.15, 0.2) is 5.96 Å². The lowest BCUT2D eigenvalue weighted by Crippen LogP contribution is -2.26. The van der Waals surface area contributed by atoms with Gasteiger partial charge in [-0.3, -0.25) is 4.79 Å². The second-order valence-electron chi connectivity index (χ2n) is 4.10. The van der Waals surface area contributed by atoms with Crippen LogP contribution < -0.4 is 17.2 Å². The largest absolute Gasteiger partial charge is 0.370 e. The van der Waals surface area contributed by atoms with Crippen LogP contribution in [0.1, 0.15) is 5.56 Å². The van der Waals surface area contributed by atoms with Crippen molar-refractivity contribution in [1.29, 1.82) is 0 Å². The number of guanidine groups is 2. The van der Waals surface area contributed by atoms with Crippen molar-refractivity contribution < 1.29 is 4.79 Å². The molecule has 0 spiro atoms. The van der Waals surface area contributed by atoms with Crippen molar-refractivity contribution in [2.45, 2.75) is 6.42 Å². The molecule has 7 heteroatoms. The molecule has 0 fully saturated rings. The highest BCUT2D eigenvalue weighted by molar-refractivity contribution is 5.94. The average molecular weight is 262 g/mol. The number of amides is 1. The Morgan fingerprint density at radius 1 is 1.21 bits per heavy atom. The first-order valence-corrected chi connectivity index (χ1v) is 5.62. The van der Waals surface area contributed by atoms with Crippen molar-refractivity contribution in [3.63, 3.8) is 0 Å². The van der Waals surface area contributed by atoms with E-state index < -0.39 is 0 Å². The molecule has 0 heterocycles. The Kier molecular flexibility index (Phi) is 4.87. The predicted molar refractivity (Wildman–Crippen MR) is 75.9 cm³/mol.